The summed E-state index contributed by atoms with van der Waals surface area (Å²) in [7, 11) is 3.46. The number of hydrogen-bond donors (Lipinski definition) is 1. The number of rotatable bonds is 3. The first-order chi connectivity index (χ1) is 11.7. The van der Waals surface area contributed by atoms with E-state index in [-0.39, 0.29) is 29.7 Å². The van der Waals surface area contributed by atoms with Gasteiger partial charge in [-0.05, 0) is 12.1 Å². The molecule has 3 amide bonds. The summed E-state index contributed by atoms with van der Waals surface area (Å²) in [5.74, 6) is -0.104. The number of nitrogens with zero attached hydrogens (tertiary/aromatic N) is 2. The van der Waals surface area contributed by atoms with E-state index in [0.717, 1.165) is 0 Å². The number of anilines is 1. The van der Waals surface area contributed by atoms with E-state index in [1.807, 2.05) is 6.92 Å². The molecule has 0 spiro atoms. The fourth-order valence-corrected chi connectivity index (χ4v) is 2.84. The van der Waals surface area contributed by atoms with Crippen LogP contribution in [0.1, 0.15) is 31.1 Å². The van der Waals surface area contributed by atoms with Crippen molar-refractivity contribution in [2.45, 2.75) is 26.9 Å². The summed E-state index contributed by atoms with van der Waals surface area (Å²) in [6, 6.07) is 5.09. The van der Waals surface area contributed by atoms with Crippen LogP contribution >= 0.6 is 0 Å². The zero-order chi connectivity index (χ0) is 18.7. The van der Waals surface area contributed by atoms with Crippen LogP contribution in [0.25, 0.3) is 0 Å². The van der Waals surface area contributed by atoms with Crippen LogP contribution in [0.3, 0.4) is 0 Å². The molecule has 1 heterocycles. The molecule has 7 heteroatoms. The maximum atomic E-state index is 12.7. The molecule has 0 bridgehead atoms. The molecular formula is C18H25N3O4. The molecule has 2 atom stereocenters. The van der Waals surface area contributed by atoms with Crippen LogP contribution in [0.15, 0.2) is 18.2 Å². The number of nitrogens with one attached hydrogen (secondary N) is 1. The lowest BCUT2D eigenvalue weighted by Crippen LogP contribution is -2.46. The molecule has 25 heavy (non-hydrogen) atoms. The van der Waals surface area contributed by atoms with E-state index in [2.05, 4.69) is 5.32 Å². The third-order valence-electron chi connectivity index (χ3n) is 4.36. The van der Waals surface area contributed by atoms with Crippen LogP contribution in [0.2, 0.25) is 0 Å². The summed E-state index contributed by atoms with van der Waals surface area (Å²) >= 11 is 0. The van der Waals surface area contributed by atoms with Crippen LogP contribution in [0, 0.1) is 5.92 Å². The predicted octanol–water partition coefficient (Wildman–Crippen LogP) is 1.59. The number of hydrogen-bond acceptors (Lipinski definition) is 4. The highest BCUT2D eigenvalue weighted by Crippen LogP contribution is 2.34. The Morgan fingerprint density at radius 2 is 2.04 bits per heavy atom. The molecule has 2 rings (SSSR count). The van der Waals surface area contributed by atoms with E-state index in [0.29, 0.717) is 30.1 Å². The number of fused-ring (bicyclic) bond motifs is 1. The van der Waals surface area contributed by atoms with Crippen LogP contribution in [-0.4, -0.2) is 60.8 Å². The van der Waals surface area contributed by atoms with E-state index >= 15 is 0 Å². The van der Waals surface area contributed by atoms with Crippen LogP contribution in [0.4, 0.5) is 5.69 Å². The Balaban J connectivity index is 2.46. The van der Waals surface area contributed by atoms with Gasteiger partial charge in [-0.3, -0.25) is 14.4 Å². The Labute approximate surface area is 147 Å². The average Bonchev–Trinajstić information content (AvgIpc) is 2.53. The lowest BCUT2D eigenvalue weighted by atomic mass is 10.0. The van der Waals surface area contributed by atoms with Gasteiger partial charge in [0.25, 0.3) is 5.91 Å². The molecule has 1 aliphatic rings. The quantitative estimate of drug-likeness (QED) is 0.901. The molecule has 0 aliphatic carbocycles. The molecule has 1 aromatic rings. The fraction of sp³-hybridized carbons (Fsp3) is 0.500. The van der Waals surface area contributed by atoms with Gasteiger partial charge < -0.3 is 19.9 Å². The lowest BCUT2D eigenvalue weighted by Gasteiger charge is -2.35. The van der Waals surface area contributed by atoms with E-state index in [4.69, 9.17) is 4.74 Å². The molecule has 1 aliphatic heterocycles. The second-order valence-corrected chi connectivity index (χ2v) is 6.58. The summed E-state index contributed by atoms with van der Waals surface area (Å²) < 4.78 is 6.16. The largest absolute Gasteiger partial charge is 0.485 e. The Bertz CT molecular complexity index is 689. The molecule has 0 aromatic heterocycles. The monoisotopic (exact) mass is 347 g/mol. The Kier molecular flexibility index (Phi) is 5.66. The highest BCUT2D eigenvalue weighted by atomic mass is 16.5. The van der Waals surface area contributed by atoms with Gasteiger partial charge >= 0.3 is 0 Å². The van der Waals surface area contributed by atoms with E-state index in [9.17, 15) is 14.4 Å². The summed E-state index contributed by atoms with van der Waals surface area (Å²) in [6.45, 7) is 5.79. The first kappa shape index (κ1) is 18.8. The number of ether oxygens (including phenoxy) is 1. The van der Waals surface area contributed by atoms with Crippen molar-refractivity contribution in [2.24, 2.45) is 5.92 Å². The molecule has 0 saturated carbocycles. The molecule has 0 radical (unpaired) electrons. The minimum atomic E-state index is -0.307. The number of amides is 3. The number of likely N-dealkylation sites (N-methyl/N-ethyl adjacent to an activating group) is 1. The number of para-hydroxylation sites is 1. The van der Waals surface area contributed by atoms with Crippen molar-refractivity contribution in [1.29, 1.82) is 0 Å². The van der Waals surface area contributed by atoms with Gasteiger partial charge in [-0.25, -0.2) is 0 Å². The van der Waals surface area contributed by atoms with Gasteiger partial charge in [0, 0.05) is 40.4 Å². The highest BCUT2D eigenvalue weighted by Gasteiger charge is 2.31. The summed E-state index contributed by atoms with van der Waals surface area (Å²) in [6.07, 6.45) is -0.307. The first-order valence-electron chi connectivity index (χ1n) is 8.25. The van der Waals surface area contributed by atoms with E-state index in [1.54, 1.807) is 42.1 Å². The van der Waals surface area contributed by atoms with Gasteiger partial charge in [-0.1, -0.05) is 13.0 Å². The minimum Gasteiger partial charge on any atom is -0.485 e. The zero-order valence-electron chi connectivity index (χ0n) is 15.3. The molecule has 0 unspecified atom stereocenters. The predicted molar refractivity (Wildman–Crippen MR) is 94.6 cm³/mol. The molecule has 7 nitrogen and oxygen atoms in total. The van der Waals surface area contributed by atoms with Crippen LogP contribution in [0.5, 0.6) is 5.75 Å². The van der Waals surface area contributed by atoms with Gasteiger partial charge in [0.1, 0.15) is 6.10 Å². The molecular weight excluding hydrogens is 322 g/mol. The first-order valence-corrected chi connectivity index (χ1v) is 8.25. The van der Waals surface area contributed by atoms with Crippen molar-refractivity contribution in [2.75, 3.05) is 32.5 Å². The summed E-state index contributed by atoms with van der Waals surface area (Å²) in [5, 5.41) is 2.71. The van der Waals surface area contributed by atoms with E-state index < -0.39 is 0 Å². The normalized spacial score (nSPS) is 20.0. The molecule has 0 saturated heterocycles. The number of benzene rings is 1. The topological polar surface area (TPSA) is 79.0 Å². The highest BCUT2D eigenvalue weighted by molar-refractivity contribution is 6.01. The van der Waals surface area contributed by atoms with E-state index in [1.165, 1.54) is 13.8 Å². The zero-order valence-corrected chi connectivity index (χ0v) is 15.3. The third-order valence-corrected chi connectivity index (χ3v) is 4.36. The van der Waals surface area contributed by atoms with Crippen molar-refractivity contribution in [3.05, 3.63) is 23.8 Å². The Hall–Kier alpha value is -2.57. The minimum absolute atomic E-state index is 0.00860. The Morgan fingerprint density at radius 1 is 1.36 bits per heavy atom. The second kappa shape index (κ2) is 7.55. The lowest BCUT2D eigenvalue weighted by molar-refractivity contribution is -0.129. The van der Waals surface area contributed by atoms with Crippen molar-refractivity contribution in [3.63, 3.8) is 0 Å². The standard InChI is InChI=1S/C18H25N3O4/c1-11-9-21(5)18(24)14-7-6-8-15(19-12(2)22)17(14)25-16(11)10-20(4)13(3)23/h6-8,11,16H,9-10H2,1-5H3,(H,19,22)/t11-,16+/m0/s1. The fourth-order valence-electron chi connectivity index (χ4n) is 2.84. The maximum absolute atomic E-state index is 12.7. The third kappa shape index (κ3) is 4.29. The number of carbonyl (C=O) groups excluding carboxylic acids is 3. The van der Waals surface area contributed by atoms with Crippen molar-refractivity contribution < 1.29 is 19.1 Å². The average molecular weight is 347 g/mol. The van der Waals surface area contributed by atoms with Crippen LogP contribution < -0.4 is 10.1 Å². The summed E-state index contributed by atoms with van der Waals surface area (Å²) in [5.41, 5.74) is 0.854. The molecule has 1 aromatic carbocycles. The van der Waals surface area contributed by atoms with Gasteiger partial charge in [0.2, 0.25) is 11.8 Å². The maximum Gasteiger partial charge on any atom is 0.257 e. The van der Waals surface area contributed by atoms with Gasteiger partial charge in [0.15, 0.2) is 5.75 Å². The van der Waals surface area contributed by atoms with Crippen molar-refractivity contribution in [3.8, 4) is 5.75 Å². The Morgan fingerprint density at radius 3 is 2.64 bits per heavy atom. The van der Waals surface area contributed by atoms with Crippen LogP contribution in [-0.2, 0) is 9.59 Å². The smallest absolute Gasteiger partial charge is 0.257 e. The van der Waals surface area contributed by atoms with Gasteiger partial charge in [0.05, 0.1) is 17.8 Å². The van der Waals surface area contributed by atoms with Gasteiger partial charge in [-0.15, -0.1) is 0 Å². The SMILES string of the molecule is CC(=O)Nc1cccc2c1O[C@H](CN(C)C(C)=O)[C@@H](C)CN(C)C2=O. The summed E-state index contributed by atoms with van der Waals surface area (Å²) in [4.78, 5) is 39.0. The van der Waals surface area contributed by atoms with Crippen molar-refractivity contribution >= 4 is 23.4 Å². The van der Waals surface area contributed by atoms with Gasteiger partial charge in [-0.2, -0.15) is 0 Å². The molecule has 0 fully saturated rings. The molecule has 1 N–H and O–H groups in total. The number of carbonyl (C=O) groups is 3. The van der Waals surface area contributed by atoms with Crippen molar-refractivity contribution in [1.82, 2.24) is 9.80 Å². The molecule has 136 valence electrons. The second-order valence-electron chi connectivity index (χ2n) is 6.58.